The Morgan fingerprint density at radius 2 is 1.77 bits per heavy atom. The van der Waals surface area contributed by atoms with Crippen LogP contribution in [0.4, 0.5) is 0 Å². The zero-order valence-electron chi connectivity index (χ0n) is 17.4. The Bertz CT molecular complexity index is 1270. The van der Waals surface area contributed by atoms with Crippen molar-refractivity contribution in [2.45, 2.75) is 32.6 Å². The summed E-state index contributed by atoms with van der Waals surface area (Å²) in [5.41, 5.74) is 3.21. The van der Waals surface area contributed by atoms with Crippen molar-refractivity contribution in [1.82, 2.24) is 9.97 Å². The van der Waals surface area contributed by atoms with Gasteiger partial charge in [0.2, 0.25) is 0 Å². The first kappa shape index (κ1) is 19.8. The average molecular weight is 433 g/mol. The number of aromatic amines is 1. The van der Waals surface area contributed by atoms with Crippen LogP contribution in [0.1, 0.15) is 28.8 Å². The molecule has 2 aromatic heterocycles. The molecular formula is C25H24N2O3S. The van der Waals surface area contributed by atoms with Crippen LogP contribution >= 0.6 is 11.3 Å². The molecule has 6 heteroatoms. The van der Waals surface area contributed by atoms with Gasteiger partial charge in [0.1, 0.15) is 35.4 Å². The minimum absolute atomic E-state index is 0.0342. The smallest absolute Gasteiger partial charge is 0.260 e. The molecule has 0 unspecified atom stereocenters. The Labute approximate surface area is 184 Å². The fourth-order valence-corrected chi connectivity index (χ4v) is 5.30. The van der Waals surface area contributed by atoms with Crippen molar-refractivity contribution in [2.75, 3.05) is 13.2 Å². The van der Waals surface area contributed by atoms with Crippen molar-refractivity contribution >= 4 is 21.6 Å². The summed E-state index contributed by atoms with van der Waals surface area (Å²) in [7, 11) is 0. The maximum Gasteiger partial charge on any atom is 0.260 e. The predicted molar refractivity (Wildman–Crippen MR) is 124 cm³/mol. The van der Waals surface area contributed by atoms with E-state index in [1.165, 1.54) is 22.4 Å². The molecule has 0 amide bonds. The standard InChI is InChI=1S/C25H24N2O3S/c1-16-5-4-6-19(15-16)30-14-13-29-18-11-9-17(10-12-18)23-26-24(28)22-20-7-2-3-8-21(20)31-25(22)27-23/h4-6,9-12,15H,2-3,7-8,13-14H2,1H3,(H,26,27,28). The fraction of sp³-hybridized carbons (Fsp3) is 0.280. The summed E-state index contributed by atoms with van der Waals surface area (Å²) in [6.45, 7) is 2.96. The molecule has 2 aromatic carbocycles. The molecule has 0 saturated carbocycles. The topological polar surface area (TPSA) is 64.2 Å². The molecular weight excluding hydrogens is 408 g/mol. The van der Waals surface area contributed by atoms with Gasteiger partial charge in [0.05, 0.1) is 5.39 Å². The molecule has 0 fully saturated rings. The predicted octanol–water partition coefficient (Wildman–Crippen LogP) is 5.30. The maximum atomic E-state index is 12.8. The Kier molecular flexibility index (Phi) is 5.47. The van der Waals surface area contributed by atoms with Gasteiger partial charge in [0.15, 0.2) is 0 Å². The average Bonchev–Trinajstić information content (AvgIpc) is 3.16. The number of ether oxygens (including phenoxy) is 2. The van der Waals surface area contributed by atoms with Gasteiger partial charge in [-0.15, -0.1) is 11.3 Å². The van der Waals surface area contributed by atoms with Gasteiger partial charge in [-0.1, -0.05) is 12.1 Å². The second-order valence-corrected chi connectivity index (χ2v) is 8.93. The van der Waals surface area contributed by atoms with Crippen LogP contribution < -0.4 is 15.0 Å². The summed E-state index contributed by atoms with van der Waals surface area (Å²) in [6.07, 6.45) is 4.39. The van der Waals surface area contributed by atoms with Gasteiger partial charge in [0.25, 0.3) is 5.56 Å². The van der Waals surface area contributed by atoms with E-state index in [2.05, 4.69) is 4.98 Å². The highest BCUT2D eigenvalue weighted by molar-refractivity contribution is 7.18. The zero-order valence-corrected chi connectivity index (χ0v) is 18.3. The number of hydrogen-bond donors (Lipinski definition) is 1. The van der Waals surface area contributed by atoms with Crippen LogP contribution in [0, 0.1) is 6.92 Å². The lowest BCUT2D eigenvalue weighted by Crippen LogP contribution is -2.11. The van der Waals surface area contributed by atoms with Crippen LogP contribution in [0.5, 0.6) is 11.5 Å². The highest BCUT2D eigenvalue weighted by Crippen LogP contribution is 2.34. The summed E-state index contributed by atoms with van der Waals surface area (Å²) < 4.78 is 11.5. The largest absolute Gasteiger partial charge is 0.490 e. The van der Waals surface area contributed by atoms with E-state index < -0.39 is 0 Å². The number of H-pyrrole nitrogens is 1. The van der Waals surface area contributed by atoms with Gasteiger partial charge in [0, 0.05) is 10.4 Å². The summed E-state index contributed by atoms with van der Waals surface area (Å²) >= 11 is 1.67. The van der Waals surface area contributed by atoms with E-state index in [0.29, 0.717) is 19.0 Å². The molecule has 5 nitrogen and oxygen atoms in total. The molecule has 5 rings (SSSR count). The Morgan fingerprint density at radius 1 is 1.00 bits per heavy atom. The van der Waals surface area contributed by atoms with Gasteiger partial charge < -0.3 is 14.5 Å². The second-order valence-electron chi connectivity index (χ2n) is 7.84. The van der Waals surface area contributed by atoms with Crippen molar-refractivity contribution in [1.29, 1.82) is 0 Å². The highest BCUT2D eigenvalue weighted by Gasteiger charge is 2.20. The van der Waals surface area contributed by atoms with Crippen molar-refractivity contribution in [3.8, 4) is 22.9 Å². The van der Waals surface area contributed by atoms with E-state index in [1.807, 2.05) is 55.5 Å². The fourth-order valence-electron chi connectivity index (χ4n) is 4.03. The molecule has 0 spiro atoms. The van der Waals surface area contributed by atoms with E-state index in [4.69, 9.17) is 14.5 Å². The zero-order chi connectivity index (χ0) is 21.2. The summed E-state index contributed by atoms with van der Waals surface area (Å²) in [5.74, 6) is 2.21. The molecule has 0 saturated heterocycles. The van der Waals surface area contributed by atoms with Crippen LogP contribution in [0.15, 0.2) is 53.3 Å². The van der Waals surface area contributed by atoms with E-state index >= 15 is 0 Å². The SMILES string of the molecule is Cc1cccc(OCCOc2ccc(-c3nc4sc5c(c4c(=O)[nH]3)CCCC5)cc2)c1. The number of aryl methyl sites for hydroxylation is 3. The highest BCUT2D eigenvalue weighted by atomic mass is 32.1. The minimum atomic E-state index is -0.0342. The van der Waals surface area contributed by atoms with E-state index in [9.17, 15) is 4.79 Å². The molecule has 1 aliphatic rings. The van der Waals surface area contributed by atoms with Crippen molar-refractivity contribution < 1.29 is 9.47 Å². The lowest BCUT2D eigenvalue weighted by atomic mass is 9.97. The minimum Gasteiger partial charge on any atom is -0.490 e. The Balaban J connectivity index is 1.26. The number of nitrogens with zero attached hydrogens (tertiary/aromatic N) is 1. The number of thiophene rings is 1. The number of aromatic nitrogens is 2. The van der Waals surface area contributed by atoms with E-state index in [0.717, 1.165) is 46.5 Å². The molecule has 0 radical (unpaired) electrons. The second kappa shape index (κ2) is 8.55. The van der Waals surface area contributed by atoms with Gasteiger partial charge in [-0.25, -0.2) is 4.98 Å². The van der Waals surface area contributed by atoms with Gasteiger partial charge in [-0.2, -0.15) is 0 Å². The van der Waals surface area contributed by atoms with Crippen LogP contribution in [-0.4, -0.2) is 23.2 Å². The number of fused-ring (bicyclic) bond motifs is 3. The third kappa shape index (κ3) is 4.21. The molecule has 4 aromatic rings. The third-order valence-corrected chi connectivity index (χ3v) is 6.75. The lowest BCUT2D eigenvalue weighted by Gasteiger charge is -2.10. The summed E-state index contributed by atoms with van der Waals surface area (Å²) in [6, 6.07) is 15.6. The first-order chi connectivity index (χ1) is 15.2. The van der Waals surface area contributed by atoms with E-state index in [-0.39, 0.29) is 5.56 Å². The van der Waals surface area contributed by atoms with E-state index in [1.54, 1.807) is 11.3 Å². The van der Waals surface area contributed by atoms with Crippen molar-refractivity contribution in [3.63, 3.8) is 0 Å². The van der Waals surface area contributed by atoms with Crippen LogP contribution in [0.2, 0.25) is 0 Å². The van der Waals surface area contributed by atoms with Crippen LogP contribution in [0.25, 0.3) is 21.6 Å². The van der Waals surface area contributed by atoms with Crippen LogP contribution in [0.3, 0.4) is 0 Å². The molecule has 0 atom stereocenters. The first-order valence-electron chi connectivity index (χ1n) is 10.6. The Hall–Kier alpha value is -3.12. The van der Waals surface area contributed by atoms with Crippen LogP contribution in [-0.2, 0) is 12.8 Å². The number of benzene rings is 2. The quantitative estimate of drug-likeness (QED) is 0.420. The molecule has 2 heterocycles. The van der Waals surface area contributed by atoms with Crippen molar-refractivity contribution in [3.05, 3.63) is 74.9 Å². The molecule has 31 heavy (non-hydrogen) atoms. The third-order valence-electron chi connectivity index (χ3n) is 5.56. The Morgan fingerprint density at radius 3 is 2.58 bits per heavy atom. The van der Waals surface area contributed by atoms with Gasteiger partial charge in [-0.05, 0) is 80.1 Å². The number of hydrogen-bond acceptors (Lipinski definition) is 5. The van der Waals surface area contributed by atoms with Gasteiger partial charge in [-0.3, -0.25) is 4.79 Å². The first-order valence-corrected chi connectivity index (χ1v) is 11.5. The monoisotopic (exact) mass is 432 g/mol. The molecule has 1 N–H and O–H groups in total. The molecule has 158 valence electrons. The normalized spacial score (nSPS) is 13.2. The molecule has 1 aliphatic carbocycles. The molecule has 0 bridgehead atoms. The lowest BCUT2D eigenvalue weighted by molar-refractivity contribution is 0.217. The number of nitrogens with one attached hydrogen (secondary N) is 1. The van der Waals surface area contributed by atoms with Gasteiger partial charge >= 0.3 is 0 Å². The van der Waals surface area contributed by atoms with Crippen molar-refractivity contribution in [2.24, 2.45) is 0 Å². The summed E-state index contributed by atoms with van der Waals surface area (Å²) in [4.78, 5) is 22.7. The maximum absolute atomic E-state index is 12.8. The summed E-state index contributed by atoms with van der Waals surface area (Å²) in [5, 5.41) is 0.789. The number of rotatable bonds is 6. The molecule has 0 aliphatic heterocycles.